The predicted molar refractivity (Wildman–Crippen MR) is 96.6 cm³/mol. The molecule has 2 aromatic carbocycles. The number of H-pyrrole nitrogens is 1. The number of aromatic amines is 1. The van der Waals surface area contributed by atoms with Gasteiger partial charge in [0.1, 0.15) is 28.7 Å². The van der Waals surface area contributed by atoms with Crippen molar-refractivity contribution in [2.45, 2.75) is 0 Å². The van der Waals surface area contributed by atoms with Crippen LogP contribution in [0.15, 0.2) is 42.5 Å². The third kappa shape index (κ3) is 2.20. The van der Waals surface area contributed by atoms with Crippen molar-refractivity contribution < 1.29 is 9.47 Å². The summed E-state index contributed by atoms with van der Waals surface area (Å²) < 4.78 is 12.4. The summed E-state index contributed by atoms with van der Waals surface area (Å²) >= 11 is 0. The van der Waals surface area contributed by atoms with Crippen LogP contribution in [0.25, 0.3) is 27.8 Å². The van der Waals surface area contributed by atoms with Crippen LogP contribution in [0.3, 0.4) is 0 Å². The van der Waals surface area contributed by atoms with E-state index in [-0.39, 0.29) is 11.2 Å². The number of fused-ring (bicyclic) bond motifs is 3. The van der Waals surface area contributed by atoms with Gasteiger partial charge in [0.2, 0.25) is 0 Å². The molecule has 0 fully saturated rings. The van der Waals surface area contributed by atoms with Crippen LogP contribution in [-0.2, 0) is 0 Å². The molecule has 0 saturated carbocycles. The van der Waals surface area contributed by atoms with Gasteiger partial charge in [-0.3, -0.25) is 9.98 Å². The summed E-state index contributed by atoms with van der Waals surface area (Å²) in [6, 6.07) is 15.0. The summed E-state index contributed by atoms with van der Waals surface area (Å²) in [5.74, 6) is 1.17. The van der Waals surface area contributed by atoms with E-state index < -0.39 is 0 Å². The van der Waals surface area contributed by atoms with Gasteiger partial charge in [0, 0.05) is 17.0 Å². The molecule has 0 aliphatic heterocycles. The van der Waals surface area contributed by atoms with E-state index in [2.05, 4.69) is 9.97 Å². The van der Waals surface area contributed by atoms with Crippen molar-refractivity contribution in [1.82, 2.24) is 14.5 Å². The first-order chi connectivity index (χ1) is 12.7. The zero-order valence-electron chi connectivity index (χ0n) is 14.2. The average Bonchev–Trinajstić information content (AvgIpc) is 3.05. The molecule has 2 aromatic heterocycles. The molecule has 0 unspecified atom stereocenters. The van der Waals surface area contributed by atoms with E-state index in [1.807, 2.05) is 30.3 Å². The number of para-hydroxylation sites is 1. The number of methoxy groups -OCH3 is 2. The standard InChI is InChI=1S/C19H15N5O2/c1-25-11-7-8-16(26-2)15(9-11)24-18(21)14(10-20)22-17-12-5-3-4-6-13(12)23-19(17)24/h3-9,21,23H,1-2H3. The summed E-state index contributed by atoms with van der Waals surface area (Å²) in [7, 11) is 3.13. The van der Waals surface area contributed by atoms with E-state index in [0.717, 1.165) is 10.9 Å². The lowest BCUT2D eigenvalue weighted by Gasteiger charge is -2.14. The number of ether oxygens (including phenoxy) is 2. The minimum absolute atomic E-state index is 0.0295. The highest BCUT2D eigenvalue weighted by atomic mass is 16.5. The molecule has 7 heteroatoms. The highest BCUT2D eigenvalue weighted by Crippen LogP contribution is 2.30. The number of nitrogens with zero attached hydrogens (tertiary/aromatic N) is 3. The van der Waals surface area contributed by atoms with E-state index in [0.29, 0.717) is 28.4 Å². The molecule has 0 spiro atoms. The molecule has 0 atom stereocenters. The van der Waals surface area contributed by atoms with Crippen molar-refractivity contribution in [1.29, 1.82) is 10.7 Å². The molecular weight excluding hydrogens is 330 g/mol. The molecule has 0 radical (unpaired) electrons. The lowest BCUT2D eigenvalue weighted by Crippen LogP contribution is -2.24. The van der Waals surface area contributed by atoms with Gasteiger partial charge in [0.25, 0.3) is 0 Å². The first kappa shape index (κ1) is 15.7. The number of aromatic nitrogens is 3. The number of nitriles is 1. The average molecular weight is 345 g/mol. The van der Waals surface area contributed by atoms with Gasteiger partial charge in [-0.15, -0.1) is 0 Å². The molecule has 0 saturated heterocycles. The van der Waals surface area contributed by atoms with Gasteiger partial charge in [-0.2, -0.15) is 5.26 Å². The van der Waals surface area contributed by atoms with E-state index in [1.54, 1.807) is 37.0 Å². The molecule has 0 aliphatic rings. The summed E-state index contributed by atoms with van der Waals surface area (Å²) in [5.41, 5.74) is 2.71. The molecule has 4 aromatic rings. The summed E-state index contributed by atoms with van der Waals surface area (Å²) in [5, 5.41) is 18.9. The minimum Gasteiger partial charge on any atom is -0.497 e. The normalized spacial score (nSPS) is 10.8. The van der Waals surface area contributed by atoms with Gasteiger partial charge in [-0.25, -0.2) is 4.98 Å². The third-order valence-corrected chi connectivity index (χ3v) is 4.29. The molecule has 0 amide bonds. The number of hydrogen-bond acceptors (Lipinski definition) is 5. The maximum Gasteiger partial charge on any atom is 0.184 e. The van der Waals surface area contributed by atoms with E-state index in [4.69, 9.17) is 14.9 Å². The molecule has 7 nitrogen and oxygen atoms in total. The Kier molecular flexibility index (Phi) is 3.59. The lowest BCUT2D eigenvalue weighted by molar-refractivity contribution is 0.401. The van der Waals surface area contributed by atoms with Crippen molar-refractivity contribution in [2.24, 2.45) is 0 Å². The fraction of sp³-hybridized carbons (Fsp3) is 0.105. The molecule has 0 aliphatic carbocycles. The van der Waals surface area contributed by atoms with Crippen LogP contribution in [0.1, 0.15) is 5.69 Å². The number of hydrogen-bond donors (Lipinski definition) is 2. The number of benzene rings is 2. The maximum absolute atomic E-state index is 9.47. The molecule has 128 valence electrons. The van der Waals surface area contributed by atoms with E-state index in [1.165, 1.54) is 0 Å². The Balaban J connectivity index is 2.21. The van der Waals surface area contributed by atoms with E-state index in [9.17, 15) is 5.26 Å². The molecule has 2 N–H and O–H groups in total. The van der Waals surface area contributed by atoms with Crippen LogP contribution >= 0.6 is 0 Å². The van der Waals surface area contributed by atoms with Gasteiger partial charge in [-0.1, -0.05) is 18.2 Å². The summed E-state index contributed by atoms with van der Waals surface area (Å²) in [4.78, 5) is 7.69. The van der Waals surface area contributed by atoms with Gasteiger partial charge in [-0.05, 0) is 18.2 Å². The highest BCUT2D eigenvalue weighted by molar-refractivity contribution is 6.04. The van der Waals surface area contributed by atoms with Crippen molar-refractivity contribution in [3.05, 3.63) is 53.6 Å². The van der Waals surface area contributed by atoms with Gasteiger partial charge < -0.3 is 14.5 Å². The highest BCUT2D eigenvalue weighted by Gasteiger charge is 2.17. The molecule has 4 rings (SSSR count). The molecule has 26 heavy (non-hydrogen) atoms. The first-order valence-electron chi connectivity index (χ1n) is 7.88. The Labute approximate surface area is 148 Å². The number of nitrogens with one attached hydrogen (secondary N) is 2. The monoisotopic (exact) mass is 345 g/mol. The van der Waals surface area contributed by atoms with Crippen LogP contribution in [0.2, 0.25) is 0 Å². The van der Waals surface area contributed by atoms with Crippen LogP contribution in [0.4, 0.5) is 0 Å². The fourth-order valence-corrected chi connectivity index (χ4v) is 3.06. The smallest absolute Gasteiger partial charge is 0.184 e. The minimum atomic E-state index is -0.0295. The Morgan fingerprint density at radius 3 is 2.69 bits per heavy atom. The van der Waals surface area contributed by atoms with Gasteiger partial charge >= 0.3 is 0 Å². The topological polar surface area (TPSA) is 99.7 Å². The van der Waals surface area contributed by atoms with Gasteiger partial charge in [0.05, 0.1) is 19.9 Å². The summed E-state index contributed by atoms with van der Waals surface area (Å²) in [6.45, 7) is 0. The first-order valence-corrected chi connectivity index (χ1v) is 7.88. The molecule has 2 heterocycles. The fourth-order valence-electron chi connectivity index (χ4n) is 3.06. The Morgan fingerprint density at radius 1 is 1.15 bits per heavy atom. The van der Waals surface area contributed by atoms with Crippen molar-refractivity contribution in [2.75, 3.05) is 14.2 Å². The molecular formula is C19H15N5O2. The van der Waals surface area contributed by atoms with Crippen LogP contribution in [0, 0.1) is 16.7 Å². The van der Waals surface area contributed by atoms with Crippen molar-refractivity contribution in [3.63, 3.8) is 0 Å². The SMILES string of the molecule is COc1ccc(OC)c(-n2c(=N)c(C#N)nc3c4ccccc4[nH]c32)c1. The van der Waals surface area contributed by atoms with Gasteiger partial charge in [0.15, 0.2) is 11.2 Å². The van der Waals surface area contributed by atoms with Crippen LogP contribution in [-0.4, -0.2) is 28.8 Å². The predicted octanol–water partition coefficient (Wildman–Crippen LogP) is 2.88. The van der Waals surface area contributed by atoms with Crippen LogP contribution in [0.5, 0.6) is 11.5 Å². The maximum atomic E-state index is 9.47. The van der Waals surface area contributed by atoms with Crippen LogP contribution < -0.4 is 15.0 Å². The third-order valence-electron chi connectivity index (χ3n) is 4.29. The zero-order chi connectivity index (χ0) is 18.3. The zero-order valence-corrected chi connectivity index (χ0v) is 14.2. The Bertz CT molecular complexity index is 1250. The van der Waals surface area contributed by atoms with E-state index >= 15 is 0 Å². The number of rotatable bonds is 3. The lowest BCUT2D eigenvalue weighted by atomic mass is 10.2. The Hall–Kier alpha value is -3.79. The quantitative estimate of drug-likeness (QED) is 0.596. The van der Waals surface area contributed by atoms with Crippen molar-refractivity contribution in [3.8, 4) is 23.3 Å². The second-order valence-electron chi connectivity index (χ2n) is 5.66. The molecule has 0 bridgehead atoms. The summed E-state index contributed by atoms with van der Waals surface area (Å²) in [6.07, 6.45) is 0. The largest absolute Gasteiger partial charge is 0.497 e. The van der Waals surface area contributed by atoms with Crippen molar-refractivity contribution >= 4 is 22.1 Å². The second kappa shape index (κ2) is 5.93. The second-order valence-corrected chi connectivity index (χ2v) is 5.66. The Morgan fingerprint density at radius 2 is 1.96 bits per heavy atom.